The molecule has 0 heterocycles. The summed E-state index contributed by atoms with van der Waals surface area (Å²) in [5.74, 6) is -3.11. The van der Waals surface area contributed by atoms with Crippen molar-refractivity contribution in [1.82, 2.24) is 0 Å². The van der Waals surface area contributed by atoms with Crippen LogP contribution in [0.4, 0.5) is 14.5 Å². The summed E-state index contributed by atoms with van der Waals surface area (Å²) in [7, 11) is -4.55. The number of alkyl halides is 2. The Bertz CT molecular complexity index is 554. The maximum absolute atomic E-state index is 12.4. The van der Waals surface area contributed by atoms with Crippen LogP contribution in [-0.4, -0.2) is 31.9 Å². The Morgan fingerprint density at radius 2 is 1.76 bits per heavy atom. The number of sulfone groups is 1. The molecule has 7 heteroatoms. The van der Waals surface area contributed by atoms with Crippen LogP contribution >= 0.6 is 0 Å². The topological polar surface area (TPSA) is 66.4 Å². The van der Waals surface area contributed by atoms with Gasteiger partial charge in [-0.25, -0.2) is 8.42 Å². The van der Waals surface area contributed by atoms with Crippen molar-refractivity contribution in [1.29, 1.82) is 0 Å². The zero-order valence-electron chi connectivity index (χ0n) is 11.5. The molecule has 1 unspecified atom stereocenters. The van der Waals surface area contributed by atoms with Gasteiger partial charge in [0.05, 0.1) is 11.0 Å². The van der Waals surface area contributed by atoms with Crippen LogP contribution in [0.1, 0.15) is 25.7 Å². The van der Waals surface area contributed by atoms with Crippen LogP contribution in [0.3, 0.4) is 0 Å². The molecule has 0 aromatic heterocycles. The molecule has 0 bridgehead atoms. The molecule has 1 aromatic carbocycles. The first-order valence-electron chi connectivity index (χ1n) is 6.95. The van der Waals surface area contributed by atoms with Crippen LogP contribution in [0, 0.1) is 5.92 Å². The third kappa shape index (κ3) is 3.91. The Morgan fingerprint density at radius 1 is 1.19 bits per heavy atom. The summed E-state index contributed by atoms with van der Waals surface area (Å²) in [6.07, 6.45) is 3.88. The van der Waals surface area contributed by atoms with Gasteiger partial charge in [0.15, 0.2) is 0 Å². The van der Waals surface area contributed by atoms with Crippen molar-refractivity contribution in [3.63, 3.8) is 0 Å². The number of benzene rings is 1. The molecule has 2 rings (SSSR count). The fraction of sp³-hybridized carbons (Fsp3) is 0.571. The molecule has 4 nitrogen and oxygen atoms in total. The first-order valence-corrected chi connectivity index (χ1v) is 8.50. The molecule has 1 aromatic rings. The minimum atomic E-state index is -4.55. The van der Waals surface area contributed by atoms with Gasteiger partial charge >= 0.3 is 5.76 Å². The van der Waals surface area contributed by atoms with Crippen molar-refractivity contribution in [2.45, 2.75) is 42.4 Å². The Labute approximate surface area is 123 Å². The van der Waals surface area contributed by atoms with Crippen LogP contribution in [0.2, 0.25) is 0 Å². The largest absolute Gasteiger partial charge is 0.391 e. The number of aliphatic hydroxyl groups excluding tert-OH is 1. The van der Waals surface area contributed by atoms with Crippen LogP contribution in [0.15, 0.2) is 29.2 Å². The average Bonchev–Trinajstić information content (AvgIpc) is 2.99. The van der Waals surface area contributed by atoms with E-state index >= 15 is 0 Å². The average molecular weight is 319 g/mol. The molecule has 1 atom stereocenters. The van der Waals surface area contributed by atoms with Crippen LogP contribution < -0.4 is 5.32 Å². The standard InChI is InChI=1S/C14H19F2NO3S/c15-14(16)21(19,20)12-7-5-11(6-8-12)17-9-13(18)10-3-1-2-4-10/h5-8,10,13-14,17-18H,1-4,9H2. The highest BCUT2D eigenvalue weighted by molar-refractivity contribution is 7.91. The molecule has 0 amide bonds. The summed E-state index contributed by atoms with van der Waals surface area (Å²) in [6, 6.07) is 5.14. The van der Waals surface area contributed by atoms with Crippen LogP contribution in [0.25, 0.3) is 0 Å². The van der Waals surface area contributed by atoms with E-state index in [1.54, 1.807) is 0 Å². The number of halogens is 2. The lowest BCUT2D eigenvalue weighted by Gasteiger charge is -2.18. The van der Waals surface area contributed by atoms with Crippen LogP contribution in [-0.2, 0) is 9.84 Å². The first-order chi connectivity index (χ1) is 9.91. The first kappa shape index (κ1) is 16.2. The Kier molecular flexibility index (Phi) is 5.16. The molecule has 1 aliphatic rings. The minimum absolute atomic E-state index is 0.302. The van der Waals surface area contributed by atoms with E-state index in [2.05, 4.69) is 5.32 Å². The van der Waals surface area contributed by atoms with Crippen molar-refractivity contribution < 1.29 is 22.3 Å². The van der Waals surface area contributed by atoms with Crippen molar-refractivity contribution in [2.75, 3.05) is 11.9 Å². The summed E-state index contributed by atoms with van der Waals surface area (Å²) in [5.41, 5.74) is 0.597. The van der Waals surface area contributed by atoms with E-state index < -0.39 is 26.6 Å². The fourth-order valence-electron chi connectivity index (χ4n) is 2.60. The zero-order chi connectivity index (χ0) is 15.5. The van der Waals surface area contributed by atoms with E-state index in [0.717, 1.165) is 37.8 Å². The van der Waals surface area contributed by atoms with Crippen molar-refractivity contribution in [3.05, 3.63) is 24.3 Å². The number of nitrogens with one attached hydrogen (secondary N) is 1. The normalized spacial score (nSPS) is 18.1. The number of rotatable bonds is 6. The zero-order valence-corrected chi connectivity index (χ0v) is 12.3. The molecular formula is C14H19F2NO3S. The molecule has 21 heavy (non-hydrogen) atoms. The van der Waals surface area contributed by atoms with Gasteiger partial charge in [0.1, 0.15) is 0 Å². The smallest absolute Gasteiger partial charge is 0.341 e. The molecule has 0 aliphatic heterocycles. The van der Waals surface area contributed by atoms with E-state index in [4.69, 9.17) is 0 Å². The number of anilines is 1. The van der Waals surface area contributed by atoms with Crippen LogP contribution in [0.5, 0.6) is 0 Å². The highest BCUT2D eigenvalue weighted by Gasteiger charge is 2.26. The van der Waals surface area contributed by atoms with Gasteiger partial charge in [-0.15, -0.1) is 0 Å². The number of aliphatic hydroxyl groups is 1. The lowest BCUT2D eigenvalue weighted by atomic mass is 10.0. The Hall–Kier alpha value is -1.21. The molecule has 2 N–H and O–H groups in total. The molecule has 1 saturated carbocycles. The molecule has 0 spiro atoms. The minimum Gasteiger partial charge on any atom is -0.391 e. The summed E-state index contributed by atoms with van der Waals surface area (Å²) in [4.78, 5) is -0.403. The second-order valence-electron chi connectivity index (χ2n) is 5.32. The Morgan fingerprint density at radius 3 is 2.29 bits per heavy atom. The molecular weight excluding hydrogens is 300 g/mol. The number of hydrogen-bond donors (Lipinski definition) is 2. The van der Waals surface area contributed by atoms with Gasteiger partial charge in [-0.2, -0.15) is 8.78 Å². The molecule has 1 fully saturated rings. The van der Waals surface area contributed by atoms with E-state index in [1.807, 2.05) is 0 Å². The van der Waals surface area contributed by atoms with Gasteiger partial charge in [-0.05, 0) is 43.0 Å². The lowest BCUT2D eigenvalue weighted by molar-refractivity contribution is 0.123. The third-order valence-corrected chi connectivity index (χ3v) is 5.28. The van der Waals surface area contributed by atoms with Crippen molar-refractivity contribution in [2.24, 2.45) is 5.92 Å². The van der Waals surface area contributed by atoms with E-state index in [-0.39, 0.29) is 0 Å². The molecule has 0 saturated heterocycles. The van der Waals surface area contributed by atoms with Crippen molar-refractivity contribution in [3.8, 4) is 0 Å². The number of hydrogen-bond acceptors (Lipinski definition) is 4. The summed E-state index contributed by atoms with van der Waals surface area (Å²) < 4.78 is 47.3. The third-order valence-electron chi connectivity index (χ3n) is 3.88. The van der Waals surface area contributed by atoms with E-state index in [9.17, 15) is 22.3 Å². The summed E-state index contributed by atoms with van der Waals surface area (Å²) in [6.45, 7) is 0.367. The monoisotopic (exact) mass is 319 g/mol. The molecule has 0 radical (unpaired) electrons. The van der Waals surface area contributed by atoms with Gasteiger partial charge < -0.3 is 10.4 Å². The quantitative estimate of drug-likeness (QED) is 0.846. The SMILES string of the molecule is O=S(=O)(c1ccc(NCC(O)C2CCCC2)cc1)C(F)F. The van der Waals surface area contributed by atoms with Gasteiger partial charge in [0, 0.05) is 12.2 Å². The second kappa shape index (κ2) is 6.70. The van der Waals surface area contributed by atoms with Gasteiger partial charge in [0.2, 0.25) is 9.84 Å². The Balaban J connectivity index is 1.93. The molecule has 118 valence electrons. The predicted octanol–water partition coefficient (Wildman–Crippen LogP) is 2.65. The lowest BCUT2D eigenvalue weighted by Crippen LogP contribution is -2.26. The second-order valence-corrected chi connectivity index (χ2v) is 7.24. The summed E-state index contributed by atoms with van der Waals surface area (Å²) in [5, 5.41) is 13.0. The van der Waals surface area contributed by atoms with Gasteiger partial charge in [0.25, 0.3) is 0 Å². The van der Waals surface area contributed by atoms with Gasteiger partial charge in [-0.1, -0.05) is 12.8 Å². The maximum Gasteiger partial charge on any atom is 0.341 e. The van der Waals surface area contributed by atoms with Gasteiger partial charge in [-0.3, -0.25) is 0 Å². The van der Waals surface area contributed by atoms with Crippen molar-refractivity contribution >= 4 is 15.5 Å². The molecule has 1 aliphatic carbocycles. The fourth-order valence-corrected chi connectivity index (χ4v) is 3.32. The highest BCUT2D eigenvalue weighted by Crippen LogP contribution is 2.28. The van der Waals surface area contributed by atoms with E-state index in [0.29, 0.717) is 18.2 Å². The summed E-state index contributed by atoms with van der Waals surface area (Å²) >= 11 is 0. The van der Waals surface area contributed by atoms with E-state index in [1.165, 1.54) is 12.1 Å². The maximum atomic E-state index is 12.4. The predicted molar refractivity (Wildman–Crippen MR) is 76.1 cm³/mol. The highest BCUT2D eigenvalue weighted by atomic mass is 32.2.